The van der Waals surface area contributed by atoms with Crippen LogP contribution in [0.1, 0.15) is 11.6 Å². The molecule has 1 atom stereocenters. The molecule has 8 nitrogen and oxygen atoms in total. The van der Waals surface area contributed by atoms with Crippen LogP contribution in [0.25, 0.3) is 0 Å². The molecule has 3 rings (SSSR count). The van der Waals surface area contributed by atoms with Crippen LogP contribution in [-0.2, 0) is 14.8 Å². The average Bonchev–Trinajstić information content (AvgIpc) is 2.69. The van der Waals surface area contributed by atoms with Gasteiger partial charge in [0.15, 0.2) is 0 Å². The predicted octanol–water partition coefficient (Wildman–Crippen LogP) is 1.22. The minimum absolute atomic E-state index is 0.0631. The highest BCUT2D eigenvalue weighted by Gasteiger charge is 2.34. The van der Waals surface area contributed by atoms with E-state index in [0.717, 1.165) is 0 Å². The number of carboxylic acid groups (broad SMARTS) is 1. The van der Waals surface area contributed by atoms with Gasteiger partial charge < -0.3 is 9.84 Å². The summed E-state index contributed by atoms with van der Waals surface area (Å²) in [7, 11) is -2.27. The molecule has 27 heavy (non-hydrogen) atoms. The van der Waals surface area contributed by atoms with E-state index in [0.29, 0.717) is 24.4 Å². The molecule has 1 N–H and O–H groups in total. The number of pyridine rings is 1. The van der Waals surface area contributed by atoms with Crippen molar-refractivity contribution in [2.45, 2.75) is 10.9 Å². The van der Waals surface area contributed by atoms with Crippen LogP contribution in [0, 0.1) is 0 Å². The first-order valence-corrected chi connectivity index (χ1v) is 9.88. The number of hydrogen-bond donors (Lipinski definition) is 1. The van der Waals surface area contributed by atoms with Gasteiger partial charge in [-0.2, -0.15) is 4.31 Å². The third kappa shape index (κ3) is 4.10. The molecule has 1 saturated heterocycles. The number of sulfonamides is 1. The molecule has 2 aromatic rings. The van der Waals surface area contributed by atoms with E-state index in [9.17, 15) is 18.3 Å². The van der Waals surface area contributed by atoms with Crippen LogP contribution < -0.4 is 4.74 Å². The summed E-state index contributed by atoms with van der Waals surface area (Å²) in [5, 5.41) is 9.64. The van der Waals surface area contributed by atoms with Gasteiger partial charge in [0, 0.05) is 38.4 Å². The van der Waals surface area contributed by atoms with E-state index in [1.807, 2.05) is 6.07 Å². The molecule has 0 amide bonds. The standard InChI is InChI=1S/C18H21N3O5S/c1-26-15-11-16(13-19-12-15)27(24,25)21-9-7-20(8-10-21)17(18(22)23)14-5-3-2-4-6-14/h2-6,11-13,17H,7-10H2,1H3,(H,22,23). The molecule has 1 fully saturated rings. The lowest BCUT2D eigenvalue weighted by molar-refractivity contribution is -0.144. The van der Waals surface area contributed by atoms with Gasteiger partial charge in [0.2, 0.25) is 10.0 Å². The molecule has 9 heteroatoms. The molecule has 0 bridgehead atoms. The monoisotopic (exact) mass is 391 g/mol. The molecule has 0 radical (unpaired) electrons. The SMILES string of the molecule is COc1cncc(S(=O)(=O)N2CCN(C(C(=O)O)c3ccccc3)CC2)c1. The van der Waals surface area contributed by atoms with E-state index in [1.165, 1.54) is 29.9 Å². The van der Waals surface area contributed by atoms with Gasteiger partial charge in [-0.15, -0.1) is 0 Å². The highest BCUT2D eigenvalue weighted by Crippen LogP contribution is 2.25. The summed E-state index contributed by atoms with van der Waals surface area (Å²) in [5.74, 6) is -0.584. The van der Waals surface area contributed by atoms with E-state index in [2.05, 4.69) is 4.98 Å². The first-order valence-electron chi connectivity index (χ1n) is 8.44. The summed E-state index contributed by atoms with van der Waals surface area (Å²) in [4.78, 5) is 17.5. The van der Waals surface area contributed by atoms with Gasteiger partial charge >= 0.3 is 5.97 Å². The topological polar surface area (TPSA) is 100 Å². The fourth-order valence-electron chi connectivity index (χ4n) is 3.15. The minimum Gasteiger partial charge on any atom is -0.495 e. The summed E-state index contributed by atoms with van der Waals surface area (Å²) >= 11 is 0. The number of piperazine rings is 1. The third-order valence-corrected chi connectivity index (χ3v) is 6.41. The number of carboxylic acids is 1. The second kappa shape index (κ2) is 8.03. The van der Waals surface area contributed by atoms with Crippen LogP contribution in [-0.4, -0.2) is 67.0 Å². The van der Waals surface area contributed by atoms with Crippen LogP contribution in [0.4, 0.5) is 0 Å². The Morgan fingerprint density at radius 3 is 2.41 bits per heavy atom. The largest absolute Gasteiger partial charge is 0.495 e. The number of aromatic nitrogens is 1. The molecular formula is C18H21N3O5S. The summed E-state index contributed by atoms with van der Waals surface area (Å²) in [6.45, 7) is 1.05. The van der Waals surface area contributed by atoms with Gasteiger partial charge in [-0.1, -0.05) is 30.3 Å². The zero-order chi connectivity index (χ0) is 19.4. The van der Waals surface area contributed by atoms with Crippen LogP contribution in [0.15, 0.2) is 53.7 Å². The van der Waals surface area contributed by atoms with Crippen LogP contribution in [0.3, 0.4) is 0 Å². The Labute approximate surface area is 158 Å². The van der Waals surface area contributed by atoms with Gasteiger partial charge in [-0.05, 0) is 5.56 Å². The van der Waals surface area contributed by atoms with Crippen molar-refractivity contribution in [3.63, 3.8) is 0 Å². The van der Waals surface area contributed by atoms with Crippen LogP contribution >= 0.6 is 0 Å². The van der Waals surface area contributed by atoms with Crippen LogP contribution in [0.5, 0.6) is 5.75 Å². The van der Waals surface area contributed by atoms with E-state index in [1.54, 1.807) is 29.2 Å². The minimum atomic E-state index is -3.71. The number of aliphatic carboxylic acids is 1. The average molecular weight is 391 g/mol. The number of carbonyl (C=O) groups is 1. The lowest BCUT2D eigenvalue weighted by Crippen LogP contribution is -2.50. The van der Waals surface area contributed by atoms with Crippen molar-refractivity contribution in [2.75, 3.05) is 33.3 Å². The zero-order valence-electron chi connectivity index (χ0n) is 14.9. The quantitative estimate of drug-likeness (QED) is 0.790. The van der Waals surface area contributed by atoms with Crippen molar-refractivity contribution in [3.05, 3.63) is 54.4 Å². The smallest absolute Gasteiger partial charge is 0.325 e. The maximum Gasteiger partial charge on any atom is 0.325 e. The van der Waals surface area contributed by atoms with Crippen molar-refractivity contribution in [1.82, 2.24) is 14.2 Å². The molecule has 0 saturated carbocycles. The Balaban J connectivity index is 1.75. The predicted molar refractivity (Wildman–Crippen MR) is 97.9 cm³/mol. The Hall–Kier alpha value is -2.49. The maximum atomic E-state index is 12.8. The summed E-state index contributed by atoms with van der Waals surface area (Å²) in [6, 6.07) is 9.58. The van der Waals surface area contributed by atoms with Crippen molar-refractivity contribution in [3.8, 4) is 5.75 Å². The molecule has 1 aromatic heterocycles. The fourth-order valence-corrected chi connectivity index (χ4v) is 4.55. The van der Waals surface area contributed by atoms with E-state index in [-0.39, 0.29) is 18.0 Å². The third-order valence-electron chi connectivity index (χ3n) is 4.55. The van der Waals surface area contributed by atoms with Gasteiger partial charge in [-0.25, -0.2) is 8.42 Å². The first kappa shape index (κ1) is 19.3. The summed E-state index contributed by atoms with van der Waals surface area (Å²) in [5.41, 5.74) is 0.679. The number of ether oxygens (including phenoxy) is 1. The molecule has 1 aromatic carbocycles. The highest BCUT2D eigenvalue weighted by atomic mass is 32.2. The molecule has 1 aliphatic heterocycles. The normalized spacial score (nSPS) is 17.4. The molecule has 144 valence electrons. The molecular weight excluding hydrogens is 370 g/mol. The van der Waals surface area contributed by atoms with E-state index in [4.69, 9.17) is 4.74 Å². The Morgan fingerprint density at radius 1 is 1.15 bits per heavy atom. The number of nitrogens with zero attached hydrogens (tertiary/aromatic N) is 3. The van der Waals surface area contributed by atoms with Crippen molar-refractivity contribution < 1.29 is 23.1 Å². The number of methoxy groups -OCH3 is 1. The summed E-state index contributed by atoms with van der Waals surface area (Å²) < 4.78 is 32.1. The molecule has 0 spiro atoms. The Morgan fingerprint density at radius 2 is 1.81 bits per heavy atom. The van der Waals surface area contributed by atoms with Crippen molar-refractivity contribution in [1.29, 1.82) is 0 Å². The van der Waals surface area contributed by atoms with E-state index < -0.39 is 22.0 Å². The zero-order valence-corrected chi connectivity index (χ0v) is 15.7. The molecule has 1 aliphatic rings. The second-order valence-corrected chi connectivity index (χ2v) is 8.09. The molecule has 2 heterocycles. The lowest BCUT2D eigenvalue weighted by atomic mass is 10.0. The molecule has 0 aliphatic carbocycles. The number of hydrogen-bond acceptors (Lipinski definition) is 6. The number of benzene rings is 1. The highest BCUT2D eigenvalue weighted by molar-refractivity contribution is 7.89. The van der Waals surface area contributed by atoms with Gasteiger partial charge in [0.25, 0.3) is 0 Å². The second-order valence-electron chi connectivity index (χ2n) is 6.15. The van der Waals surface area contributed by atoms with Crippen molar-refractivity contribution >= 4 is 16.0 Å². The van der Waals surface area contributed by atoms with Crippen molar-refractivity contribution in [2.24, 2.45) is 0 Å². The first-order chi connectivity index (χ1) is 12.9. The van der Waals surface area contributed by atoms with Gasteiger partial charge in [0.1, 0.15) is 16.7 Å². The molecule has 1 unspecified atom stereocenters. The Kier molecular flexibility index (Phi) is 5.73. The van der Waals surface area contributed by atoms with Crippen LogP contribution in [0.2, 0.25) is 0 Å². The number of rotatable bonds is 6. The lowest BCUT2D eigenvalue weighted by Gasteiger charge is -2.37. The van der Waals surface area contributed by atoms with E-state index >= 15 is 0 Å². The Bertz CT molecular complexity index is 896. The van der Waals surface area contributed by atoms with Gasteiger partial charge in [0.05, 0.1) is 13.3 Å². The summed E-state index contributed by atoms with van der Waals surface area (Å²) in [6.07, 6.45) is 2.72. The fraction of sp³-hybridized carbons (Fsp3) is 0.333. The van der Waals surface area contributed by atoms with Gasteiger partial charge in [-0.3, -0.25) is 14.7 Å². The maximum absolute atomic E-state index is 12.8.